The van der Waals surface area contributed by atoms with Crippen molar-refractivity contribution in [3.63, 3.8) is 0 Å². The molecule has 1 heterocycles. The Kier molecular flexibility index (Phi) is 5.91. The molecule has 0 aliphatic carbocycles. The first kappa shape index (κ1) is 19.8. The molecule has 0 saturated heterocycles. The SMILES string of the molecule is CN(CCCC(=O)O)C(=O)c1cnn(-c2ccc(Cl)cc2)c1C(F)(F)F. The summed E-state index contributed by atoms with van der Waals surface area (Å²) in [6, 6.07) is 5.54. The maximum atomic E-state index is 13.6. The molecule has 0 spiro atoms. The van der Waals surface area contributed by atoms with E-state index in [0.29, 0.717) is 9.70 Å². The van der Waals surface area contributed by atoms with Gasteiger partial charge >= 0.3 is 12.1 Å². The number of rotatable bonds is 6. The summed E-state index contributed by atoms with van der Waals surface area (Å²) < 4.78 is 41.3. The van der Waals surface area contributed by atoms with Gasteiger partial charge in [-0.1, -0.05) is 11.6 Å². The van der Waals surface area contributed by atoms with Crippen LogP contribution in [0.25, 0.3) is 5.69 Å². The highest BCUT2D eigenvalue weighted by Gasteiger charge is 2.41. The maximum Gasteiger partial charge on any atom is 0.434 e. The molecule has 0 fully saturated rings. The van der Waals surface area contributed by atoms with Crippen molar-refractivity contribution in [2.24, 2.45) is 0 Å². The minimum absolute atomic E-state index is 0.00849. The molecular formula is C16H15ClF3N3O3. The molecule has 1 amide bonds. The second-order valence-electron chi connectivity index (χ2n) is 5.52. The Morgan fingerprint density at radius 3 is 2.42 bits per heavy atom. The van der Waals surface area contributed by atoms with Crippen LogP contribution in [0.3, 0.4) is 0 Å². The van der Waals surface area contributed by atoms with Crippen LogP contribution in [0.1, 0.15) is 28.9 Å². The molecule has 2 rings (SSSR count). The van der Waals surface area contributed by atoms with Crippen LogP contribution < -0.4 is 0 Å². The van der Waals surface area contributed by atoms with Gasteiger partial charge in [0.25, 0.3) is 5.91 Å². The Labute approximate surface area is 151 Å². The van der Waals surface area contributed by atoms with Crippen molar-refractivity contribution in [2.45, 2.75) is 19.0 Å². The third kappa shape index (κ3) is 4.54. The van der Waals surface area contributed by atoms with E-state index in [9.17, 15) is 22.8 Å². The van der Waals surface area contributed by atoms with Gasteiger partial charge in [0.15, 0.2) is 5.69 Å². The summed E-state index contributed by atoms with van der Waals surface area (Å²) in [5.41, 5.74) is -1.70. The van der Waals surface area contributed by atoms with Gasteiger partial charge in [-0.2, -0.15) is 18.3 Å². The van der Waals surface area contributed by atoms with Gasteiger partial charge in [-0.25, -0.2) is 4.68 Å². The van der Waals surface area contributed by atoms with Gasteiger partial charge in [0.2, 0.25) is 0 Å². The van der Waals surface area contributed by atoms with E-state index in [0.717, 1.165) is 11.1 Å². The van der Waals surface area contributed by atoms with Gasteiger partial charge in [-0.3, -0.25) is 9.59 Å². The highest BCUT2D eigenvalue weighted by Crippen LogP contribution is 2.34. The second-order valence-corrected chi connectivity index (χ2v) is 5.95. The van der Waals surface area contributed by atoms with Crippen LogP contribution in [0.2, 0.25) is 5.02 Å². The molecule has 6 nitrogen and oxygen atoms in total. The van der Waals surface area contributed by atoms with Crippen molar-refractivity contribution in [3.05, 3.63) is 46.7 Å². The number of nitrogens with zero attached hydrogens (tertiary/aromatic N) is 3. The fraction of sp³-hybridized carbons (Fsp3) is 0.312. The minimum atomic E-state index is -4.82. The van der Waals surface area contributed by atoms with Crippen LogP contribution in [0.5, 0.6) is 0 Å². The van der Waals surface area contributed by atoms with E-state index in [2.05, 4.69) is 5.10 Å². The van der Waals surface area contributed by atoms with Crippen molar-refractivity contribution in [3.8, 4) is 5.69 Å². The van der Waals surface area contributed by atoms with Crippen molar-refractivity contribution < 1.29 is 27.9 Å². The number of alkyl halides is 3. The predicted molar refractivity (Wildman–Crippen MR) is 87.4 cm³/mol. The number of hydrogen-bond acceptors (Lipinski definition) is 3. The number of carboxylic acids is 1. The van der Waals surface area contributed by atoms with Crippen LogP contribution >= 0.6 is 11.6 Å². The molecule has 1 N–H and O–H groups in total. The first-order valence-electron chi connectivity index (χ1n) is 7.49. The normalized spacial score (nSPS) is 11.4. The summed E-state index contributed by atoms with van der Waals surface area (Å²) in [4.78, 5) is 23.9. The fourth-order valence-corrected chi connectivity index (χ4v) is 2.46. The summed E-state index contributed by atoms with van der Waals surface area (Å²) in [5, 5.41) is 12.7. The van der Waals surface area contributed by atoms with Gasteiger partial charge < -0.3 is 10.0 Å². The molecular weight excluding hydrogens is 375 g/mol. The van der Waals surface area contributed by atoms with E-state index < -0.39 is 29.3 Å². The number of amides is 1. The monoisotopic (exact) mass is 389 g/mol. The van der Waals surface area contributed by atoms with Crippen LogP contribution in [0.4, 0.5) is 13.2 Å². The highest BCUT2D eigenvalue weighted by atomic mass is 35.5. The molecule has 10 heteroatoms. The lowest BCUT2D eigenvalue weighted by Gasteiger charge is -2.18. The molecule has 0 unspecified atom stereocenters. The first-order valence-corrected chi connectivity index (χ1v) is 7.87. The lowest BCUT2D eigenvalue weighted by atomic mass is 10.2. The van der Waals surface area contributed by atoms with E-state index in [4.69, 9.17) is 16.7 Å². The zero-order chi connectivity index (χ0) is 19.5. The van der Waals surface area contributed by atoms with Crippen molar-refractivity contribution in [1.82, 2.24) is 14.7 Å². The molecule has 0 aliphatic rings. The van der Waals surface area contributed by atoms with E-state index >= 15 is 0 Å². The fourth-order valence-electron chi connectivity index (χ4n) is 2.33. The lowest BCUT2D eigenvalue weighted by Crippen LogP contribution is -2.30. The zero-order valence-corrected chi connectivity index (χ0v) is 14.4. The minimum Gasteiger partial charge on any atom is -0.481 e. The molecule has 2 aromatic rings. The van der Waals surface area contributed by atoms with Crippen molar-refractivity contribution in [1.29, 1.82) is 0 Å². The van der Waals surface area contributed by atoms with Gasteiger partial charge in [-0.15, -0.1) is 0 Å². The Balaban J connectivity index is 2.35. The maximum absolute atomic E-state index is 13.6. The number of carboxylic acid groups (broad SMARTS) is 1. The predicted octanol–water partition coefficient (Wildman–Crippen LogP) is 3.48. The van der Waals surface area contributed by atoms with E-state index in [-0.39, 0.29) is 25.1 Å². The van der Waals surface area contributed by atoms with Crippen LogP contribution in [-0.2, 0) is 11.0 Å². The number of aliphatic carboxylic acids is 1. The third-order valence-corrected chi connectivity index (χ3v) is 3.82. The summed E-state index contributed by atoms with van der Waals surface area (Å²) in [6.45, 7) is 0.00849. The summed E-state index contributed by atoms with van der Waals surface area (Å²) >= 11 is 5.74. The first-order chi connectivity index (χ1) is 12.1. The van der Waals surface area contributed by atoms with Crippen LogP contribution in [0.15, 0.2) is 30.5 Å². The largest absolute Gasteiger partial charge is 0.481 e. The molecule has 1 aromatic heterocycles. The van der Waals surface area contributed by atoms with Crippen molar-refractivity contribution >= 4 is 23.5 Å². The van der Waals surface area contributed by atoms with Gasteiger partial charge in [-0.05, 0) is 30.7 Å². The average Bonchev–Trinajstić information content (AvgIpc) is 2.99. The third-order valence-electron chi connectivity index (χ3n) is 3.57. The van der Waals surface area contributed by atoms with Crippen LogP contribution in [0, 0.1) is 0 Å². The molecule has 140 valence electrons. The molecule has 1 aromatic carbocycles. The number of hydrogen-bond donors (Lipinski definition) is 1. The topological polar surface area (TPSA) is 75.4 Å². The number of carbonyl (C=O) groups excluding carboxylic acids is 1. The molecule has 0 aliphatic heterocycles. The van der Waals surface area contributed by atoms with Crippen LogP contribution in [-0.4, -0.2) is 45.3 Å². The van der Waals surface area contributed by atoms with Crippen molar-refractivity contribution in [2.75, 3.05) is 13.6 Å². The number of carbonyl (C=O) groups is 2. The molecule has 0 atom stereocenters. The summed E-state index contributed by atoms with van der Waals surface area (Å²) in [7, 11) is 1.31. The summed E-state index contributed by atoms with van der Waals surface area (Å²) in [6.07, 6.45) is -4.02. The summed E-state index contributed by atoms with van der Waals surface area (Å²) in [5.74, 6) is -1.93. The Morgan fingerprint density at radius 2 is 1.88 bits per heavy atom. The lowest BCUT2D eigenvalue weighted by molar-refractivity contribution is -0.143. The molecule has 0 saturated carbocycles. The highest BCUT2D eigenvalue weighted by molar-refractivity contribution is 6.30. The van der Waals surface area contributed by atoms with Gasteiger partial charge in [0, 0.05) is 25.0 Å². The Morgan fingerprint density at radius 1 is 1.27 bits per heavy atom. The molecule has 26 heavy (non-hydrogen) atoms. The number of benzene rings is 1. The average molecular weight is 390 g/mol. The second kappa shape index (κ2) is 7.77. The molecule has 0 radical (unpaired) electrons. The number of halogens is 4. The smallest absolute Gasteiger partial charge is 0.434 e. The zero-order valence-electron chi connectivity index (χ0n) is 13.6. The standard InChI is InChI=1S/C16H15ClF3N3O3/c1-22(8-2-3-13(24)25)15(26)12-9-21-23(14(12)16(18,19)20)11-6-4-10(17)5-7-11/h4-7,9H,2-3,8H2,1H3,(H,24,25). The Bertz CT molecular complexity index is 803. The molecule has 0 bridgehead atoms. The van der Waals surface area contributed by atoms with E-state index in [1.807, 2.05) is 0 Å². The van der Waals surface area contributed by atoms with E-state index in [1.165, 1.54) is 31.3 Å². The Hall–Kier alpha value is -2.55. The van der Waals surface area contributed by atoms with E-state index in [1.54, 1.807) is 0 Å². The van der Waals surface area contributed by atoms with Gasteiger partial charge in [0.05, 0.1) is 17.4 Å². The number of aromatic nitrogens is 2. The van der Waals surface area contributed by atoms with Gasteiger partial charge in [0.1, 0.15) is 0 Å². The quantitative estimate of drug-likeness (QED) is 0.820.